The van der Waals surface area contributed by atoms with Crippen molar-refractivity contribution in [1.29, 1.82) is 0 Å². The minimum Gasteiger partial charge on any atom is -0.484 e. The van der Waals surface area contributed by atoms with Crippen LogP contribution in [0.5, 0.6) is 5.75 Å². The summed E-state index contributed by atoms with van der Waals surface area (Å²) in [5.74, 6) is 1.23. The Morgan fingerprint density at radius 2 is 1.75 bits per heavy atom. The van der Waals surface area contributed by atoms with Crippen LogP contribution in [0.25, 0.3) is 11.3 Å². The van der Waals surface area contributed by atoms with Gasteiger partial charge < -0.3 is 19.7 Å². The van der Waals surface area contributed by atoms with Gasteiger partial charge in [0.25, 0.3) is 5.91 Å². The number of aryl methyl sites for hydroxylation is 2. The van der Waals surface area contributed by atoms with Gasteiger partial charge in [-0.2, -0.15) is 0 Å². The Bertz CT molecular complexity index is 1060. The summed E-state index contributed by atoms with van der Waals surface area (Å²) in [4.78, 5) is 14.4. The van der Waals surface area contributed by atoms with Gasteiger partial charge in [-0.05, 0) is 61.4 Å². The number of halogens is 1. The van der Waals surface area contributed by atoms with Crippen molar-refractivity contribution in [1.82, 2.24) is 10.2 Å². The minimum atomic E-state index is -0.238. The number of benzene rings is 2. The molecule has 1 aliphatic rings. The topological polar surface area (TPSA) is 76.6 Å². The van der Waals surface area contributed by atoms with E-state index in [0.29, 0.717) is 29.7 Å². The fourth-order valence-electron chi connectivity index (χ4n) is 3.50. The van der Waals surface area contributed by atoms with E-state index in [1.165, 1.54) is 0 Å². The summed E-state index contributed by atoms with van der Waals surface area (Å²) >= 11 is 6.17. The number of nitrogens with zero attached hydrogens (tertiary/aromatic N) is 3. The number of anilines is 2. The molecule has 2 aromatic carbocycles. The predicted molar refractivity (Wildman–Crippen MR) is 126 cm³/mol. The van der Waals surface area contributed by atoms with Crippen molar-refractivity contribution in [3.63, 3.8) is 0 Å². The SMILES string of the molecule is Cc1cc(OCC(=O)Nc2ccc(-c3ccc(N4CCOCC4)nn3)cc2)cc(C)c1Cl. The molecule has 2 heterocycles. The fraction of sp³-hybridized carbons (Fsp3) is 0.292. The van der Waals surface area contributed by atoms with Gasteiger partial charge in [-0.1, -0.05) is 23.7 Å². The van der Waals surface area contributed by atoms with Crippen LogP contribution in [0.4, 0.5) is 11.5 Å². The zero-order chi connectivity index (χ0) is 22.5. The monoisotopic (exact) mass is 452 g/mol. The quantitative estimate of drug-likeness (QED) is 0.602. The number of hydrogen-bond acceptors (Lipinski definition) is 6. The van der Waals surface area contributed by atoms with E-state index in [0.717, 1.165) is 41.3 Å². The van der Waals surface area contributed by atoms with Crippen LogP contribution in [0.15, 0.2) is 48.5 Å². The van der Waals surface area contributed by atoms with Gasteiger partial charge in [-0.25, -0.2) is 0 Å². The molecule has 0 spiro atoms. The first-order valence-corrected chi connectivity index (χ1v) is 10.8. The first kappa shape index (κ1) is 22.0. The van der Waals surface area contributed by atoms with E-state index >= 15 is 0 Å². The van der Waals surface area contributed by atoms with Crippen molar-refractivity contribution >= 4 is 29.0 Å². The smallest absolute Gasteiger partial charge is 0.262 e. The average Bonchev–Trinajstić information content (AvgIpc) is 2.82. The van der Waals surface area contributed by atoms with Crippen LogP contribution in [0.2, 0.25) is 5.02 Å². The Balaban J connectivity index is 1.32. The highest BCUT2D eigenvalue weighted by Crippen LogP contribution is 2.26. The second kappa shape index (κ2) is 9.97. The van der Waals surface area contributed by atoms with Crippen molar-refractivity contribution in [3.8, 4) is 17.0 Å². The molecule has 1 aliphatic heterocycles. The fourth-order valence-corrected chi connectivity index (χ4v) is 3.61. The summed E-state index contributed by atoms with van der Waals surface area (Å²) in [7, 11) is 0. The molecule has 0 aliphatic carbocycles. The summed E-state index contributed by atoms with van der Waals surface area (Å²) in [5, 5.41) is 12.2. The van der Waals surface area contributed by atoms with E-state index in [4.69, 9.17) is 21.1 Å². The van der Waals surface area contributed by atoms with Crippen LogP contribution in [-0.4, -0.2) is 49.0 Å². The normalized spacial score (nSPS) is 13.7. The molecule has 1 saturated heterocycles. The lowest BCUT2D eigenvalue weighted by atomic mass is 10.1. The van der Waals surface area contributed by atoms with Gasteiger partial charge >= 0.3 is 0 Å². The van der Waals surface area contributed by atoms with Gasteiger partial charge in [-0.3, -0.25) is 4.79 Å². The number of nitrogens with one attached hydrogen (secondary N) is 1. The van der Waals surface area contributed by atoms with Gasteiger partial charge in [0.15, 0.2) is 12.4 Å². The number of carbonyl (C=O) groups is 1. The van der Waals surface area contributed by atoms with E-state index in [-0.39, 0.29) is 12.5 Å². The number of morpholine rings is 1. The van der Waals surface area contributed by atoms with Crippen LogP contribution < -0.4 is 15.0 Å². The van der Waals surface area contributed by atoms with Crippen LogP contribution in [0.3, 0.4) is 0 Å². The van der Waals surface area contributed by atoms with Crippen molar-refractivity contribution in [2.75, 3.05) is 43.1 Å². The molecule has 0 radical (unpaired) electrons. The lowest BCUT2D eigenvalue weighted by Gasteiger charge is -2.27. The van der Waals surface area contributed by atoms with Crippen molar-refractivity contribution < 1.29 is 14.3 Å². The zero-order valence-electron chi connectivity index (χ0n) is 18.1. The summed E-state index contributed by atoms with van der Waals surface area (Å²) in [6, 6.07) is 15.0. The van der Waals surface area contributed by atoms with Crippen molar-refractivity contribution in [2.24, 2.45) is 0 Å². The second-order valence-corrected chi connectivity index (χ2v) is 8.04. The summed E-state index contributed by atoms with van der Waals surface area (Å²) < 4.78 is 11.0. The Labute approximate surface area is 192 Å². The zero-order valence-corrected chi connectivity index (χ0v) is 18.9. The first-order valence-electron chi connectivity index (χ1n) is 10.5. The maximum Gasteiger partial charge on any atom is 0.262 e. The van der Waals surface area contributed by atoms with E-state index in [1.54, 1.807) is 0 Å². The third-order valence-electron chi connectivity index (χ3n) is 5.23. The highest BCUT2D eigenvalue weighted by atomic mass is 35.5. The molecule has 1 fully saturated rings. The molecule has 1 aromatic heterocycles. The van der Waals surface area contributed by atoms with Crippen LogP contribution in [0, 0.1) is 13.8 Å². The number of hydrogen-bond donors (Lipinski definition) is 1. The van der Waals surface area contributed by atoms with E-state index < -0.39 is 0 Å². The maximum atomic E-state index is 12.3. The van der Waals surface area contributed by atoms with Crippen molar-refractivity contribution in [3.05, 3.63) is 64.7 Å². The molecular weight excluding hydrogens is 428 g/mol. The number of carbonyl (C=O) groups excluding carboxylic acids is 1. The Kier molecular flexibility index (Phi) is 6.87. The summed E-state index contributed by atoms with van der Waals surface area (Å²) in [6.45, 7) is 6.79. The maximum absolute atomic E-state index is 12.3. The molecule has 166 valence electrons. The van der Waals surface area contributed by atoms with Gasteiger partial charge in [-0.15, -0.1) is 10.2 Å². The van der Waals surface area contributed by atoms with Crippen molar-refractivity contribution in [2.45, 2.75) is 13.8 Å². The van der Waals surface area contributed by atoms with Gasteiger partial charge in [0, 0.05) is 29.4 Å². The Morgan fingerprint density at radius 1 is 1.06 bits per heavy atom. The van der Waals surface area contributed by atoms with Gasteiger partial charge in [0.2, 0.25) is 0 Å². The van der Waals surface area contributed by atoms with E-state index in [9.17, 15) is 4.79 Å². The van der Waals surface area contributed by atoms with E-state index in [2.05, 4.69) is 20.4 Å². The lowest BCUT2D eigenvalue weighted by Crippen LogP contribution is -2.36. The number of amides is 1. The summed E-state index contributed by atoms with van der Waals surface area (Å²) in [6.07, 6.45) is 0. The molecule has 0 unspecified atom stereocenters. The predicted octanol–water partition coefficient (Wildman–Crippen LogP) is 4.27. The van der Waals surface area contributed by atoms with E-state index in [1.807, 2.05) is 62.4 Å². The Morgan fingerprint density at radius 3 is 2.38 bits per heavy atom. The first-order chi connectivity index (χ1) is 15.5. The second-order valence-electron chi connectivity index (χ2n) is 7.66. The molecule has 1 N–H and O–H groups in total. The molecule has 0 bridgehead atoms. The third kappa shape index (κ3) is 5.36. The van der Waals surface area contributed by atoms with Gasteiger partial charge in [0.1, 0.15) is 5.75 Å². The van der Waals surface area contributed by atoms with Crippen LogP contribution in [-0.2, 0) is 9.53 Å². The molecule has 3 aromatic rings. The standard InChI is InChI=1S/C24H25ClN4O3/c1-16-13-20(14-17(2)24(16)25)32-15-23(30)26-19-5-3-18(4-6-19)21-7-8-22(28-27-21)29-9-11-31-12-10-29/h3-8,13-14H,9-12,15H2,1-2H3,(H,26,30). The average molecular weight is 453 g/mol. The molecular formula is C24H25ClN4O3. The third-order valence-corrected chi connectivity index (χ3v) is 5.83. The minimum absolute atomic E-state index is 0.0866. The molecule has 8 heteroatoms. The highest BCUT2D eigenvalue weighted by molar-refractivity contribution is 6.32. The van der Waals surface area contributed by atoms with Crippen LogP contribution in [0.1, 0.15) is 11.1 Å². The molecule has 0 saturated carbocycles. The largest absolute Gasteiger partial charge is 0.484 e. The number of rotatable bonds is 6. The molecule has 32 heavy (non-hydrogen) atoms. The number of ether oxygens (including phenoxy) is 2. The Hall–Kier alpha value is -3.16. The van der Waals surface area contributed by atoms with Crippen LogP contribution >= 0.6 is 11.6 Å². The lowest BCUT2D eigenvalue weighted by molar-refractivity contribution is -0.118. The summed E-state index contributed by atoms with van der Waals surface area (Å²) in [5.41, 5.74) is 4.21. The molecule has 7 nitrogen and oxygen atoms in total. The molecule has 1 amide bonds. The number of aromatic nitrogens is 2. The highest BCUT2D eigenvalue weighted by Gasteiger charge is 2.13. The van der Waals surface area contributed by atoms with Gasteiger partial charge in [0.05, 0.1) is 18.9 Å². The molecule has 0 atom stereocenters. The molecule has 4 rings (SSSR count).